The largest absolute Gasteiger partial charge is 2.00 e. The molecule has 8 heteroatoms. The maximum atomic E-state index is 10.8. The van der Waals surface area contributed by atoms with Crippen molar-refractivity contribution in [1.29, 1.82) is 0 Å². The van der Waals surface area contributed by atoms with Crippen LogP contribution in [0, 0.1) is 11.3 Å². The van der Waals surface area contributed by atoms with E-state index in [1.165, 1.54) is 12.8 Å². The zero-order chi connectivity index (χ0) is 17.1. The van der Waals surface area contributed by atoms with Crippen molar-refractivity contribution in [1.82, 2.24) is 4.90 Å². The smallest absolute Gasteiger partial charge is 0.549 e. The maximum Gasteiger partial charge on any atom is 2.00 e. The molecule has 0 heterocycles. The molecule has 0 saturated heterocycles. The molecule has 0 aromatic heterocycles. The van der Waals surface area contributed by atoms with Gasteiger partial charge in [0.15, 0.2) is 0 Å². The minimum Gasteiger partial charge on any atom is -0.549 e. The predicted molar refractivity (Wildman–Crippen MR) is 78.1 cm³/mol. The molecule has 4 atom stereocenters. The first kappa shape index (κ1) is 22.5. The van der Waals surface area contributed by atoms with E-state index in [-0.39, 0.29) is 45.6 Å². The Labute approximate surface area is 152 Å². The first-order valence-corrected chi connectivity index (χ1v) is 7.75. The average molecular weight is 508 g/mol. The van der Waals surface area contributed by atoms with Crippen molar-refractivity contribution >= 4 is 11.9 Å². The van der Waals surface area contributed by atoms with Gasteiger partial charge < -0.3 is 36.2 Å². The summed E-state index contributed by atoms with van der Waals surface area (Å²) in [4.78, 5) is 23.4. The van der Waals surface area contributed by atoms with Crippen molar-refractivity contribution in [3.8, 4) is 0 Å². The summed E-state index contributed by atoms with van der Waals surface area (Å²) in [6, 6.07) is 0.526. The standard InChI is InChI=1S/C9H15NO4.C6H14N2.Pt/c1-5-6(10(2)3)4-9(5,7(11)12)8(13)14;7-5-3-1-2-4-6(5)8;/h5-6H,4H2,1-3H3,(H,11,12)(H,13,14);5-6H,1-4,7-8H2;/q;;+2/p-2/t;5-,6-;/m.0./s1. The molecule has 0 radical (unpaired) electrons. The molecule has 0 spiro atoms. The molecule has 0 aliphatic heterocycles. The van der Waals surface area contributed by atoms with Crippen LogP contribution in [0.3, 0.4) is 0 Å². The van der Waals surface area contributed by atoms with Gasteiger partial charge in [-0.2, -0.15) is 0 Å². The van der Waals surface area contributed by atoms with Crippen LogP contribution in [0.4, 0.5) is 0 Å². The number of nitrogens with two attached hydrogens (primary N) is 2. The van der Waals surface area contributed by atoms with Gasteiger partial charge in [-0.15, -0.1) is 0 Å². The first-order chi connectivity index (χ1) is 10.1. The van der Waals surface area contributed by atoms with Crippen molar-refractivity contribution < 1.29 is 40.9 Å². The first-order valence-electron chi connectivity index (χ1n) is 7.75. The fourth-order valence-electron chi connectivity index (χ4n) is 3.30. The van der Waals surface area contributed by atoms with Gasteiger partial charge in [-0.3, -0.25) is 0 Å². The fourth-order valence-corrected chi connectivity index (χ4v) is 3.30. The molecule has 2 aliphatic carbocycles. The third-order valence-electron chi connectivity index (χ3n) is 5.15. The van der Waals surface area contributed by atoms with Gasteiger partial charge in [0.2, 0.25) is 0 Å². The van der Waals surface area contributed by atoms with Gasteiger partial charge >= 0.3 is 21.1 Å². The molecule has 2 saturated carbocycles. The Hall–Kier alpha value is -0.492. The second kappa shape index (κ2) is 9.11. The Morgan fingerprint density at radius 1 is 1.04 bits per heavy atom. The van der Waals surface area contributed by atoms with E-state index in [1.54, 1.807) is 21.0 Å². The van der Waals surface area contributed by atoms with Gasteiger partial charge in [-0.1, -0.05) is 19.8 Å². The zero-order valence-corrected chi connectivity index (χ0v) is 16.2. The zero-order valence-electron chi connectivity index (χ0n) is 13.9. The van der Waals surface area contributed by atoms with Gasteiger partial charge in [0.1, 0.15) is 0 Å². The van der Waals surface area contributed by atoms with Crippen LogP contribution in [0.25, 0.3) is 0 Å². The van der Waals surface area contributed by atoms with Crippen molar-refractivity contribution in [3.63, 3.8) is 0 Å². The third-order valence-corrected chi connectivity index (χ3v) is 5.15. The normalized spacial score (nSPS) is 31.9. The molecule has 2 fully saturated rings. The monoisotopic (exact) mass is 508 g/mol. The minimum atomic E-state index is -1.80. The van der Waals surface area contributed by atoms with Crippen LogP contribution in [0.2, 0.25) is 0 Å². The second-order valence-electron chi connectivity index (χ2n) is 6.68. The van der Waals surface area contributed by atoms with Crippen molar-refractivity contribution in [2.75, 3.05) is 14.1 Å². The SMILES string of the molecule is CC1C(N(C)C)CC1(C(=O)[O-])C(=O)[O-].N[C@H]1CCCC[C@@H]1N.[Pt+2]. The third kappa shape index (κ3) is 4.75. The van der Waals surface area contributed by atoms with Gasteiger partial charge in [0.25, 0.3) is 0 Å². The number of hydrogen-bond acceptors (Lipinski definition) is 7. The van der Waals surface area contributed by atoms with E-state index < -0.39 is 23.3 Å². The van der Waals surface area contributed by atoms with E-state index in [0.717, 1.165) is 12.8 Å². The molecular weight excluding hydrogens is 481 g/mol. The number of nitrogens with zero attached hydrogens (tertiary/aromatic N) is 1. The predicted octanol–water partition coefficient (Wildman–Crippen LogP) is -2.34. The van der Waals surface area contributed by atoms with Crippen LogP contribution in [0.1, 0.15) is 39.0 Å². The van der Waals surface area contributed by atoms with E-state index in [2.05, 4.69) is 0 Å². The topological polar surface area (TPSA) is 136 Å². The number of carboxylic acids is 2. The molecule has 0 amide bonds. The summed E-state index contributed by atoms with van der Waals surface area (Å²) in [5, 5.41) is 21.5. The van der Waals surface area contributed by atoms with Crippen LogP contribution in [-0.2, 0) is 30.7 Å². The summed E-state index contributed by atoms with van der Waals surface area (Å²) in [6.07, 6.45) is 4.86. The summed E-state index contributed by atoms with van der Waals surface area (Å²) < 4.78 is 0. The molecular formula is C15H27N3O4Pt. The van der Waals surface area contributed by atoms with Crippen LogP contribution in [-0.4, -0.2) is 49.1 Å². The van der Waals surface area contributed by atoms with E-state index >= 15 is 0 Å². The molecule has 0 aromatic carbocycles. The van der Waals surface area contributed by atoms with Gasteiger partial charge in [-0.25, -0.2) is 0 Å². The fraction of sp³-hybridized carbons (Fsp3) is 0.867. The molecule has 0 bridgehead atoms. The molecule has 23 heavy (non-hydrogen) atoms. The number of hydrogen-bond donors (Lipinski definition) is 2. The number of carbonyl (C=O) groups is 2. The summed E-state index contributed by atoms with van der Waals surface area (Å²) in [5.41, 5.74) is 9.51. The Morgan fingerprint density at radius 2 is 1.43 bits per heavy atom. The van der Waals surface area contributed by atoms with Gasteiger partial charge in [0.05, 0.1) is 17.4 Å². The average Bonchev–Trinajstić information content (AvgIpc) is 2.40. The molecule has 2 unspecified atom stereocenters. The van der Waals surface area contributed by atoms with E-state index in [1.807, 2.05) is 4.90 Å². The molecule has 0 aromatic rings. The van der Waals surface area contributed by atoms with Gasteiger partial charge in [0, 0.05) is 18.1 Å². The maximum absolute atomic E-state index is 10.8. The van der Waals surface area contributed by atoms with E-state index in [4.69, 9.17) is 11.5 Å². The van der Waals surface area contributed by atoms with Crippen molar-refractivity contribution in [2.45, 2.75) is 57.2 Å². The minimum absolute atomic E-state index is 0. The number of carboxylic acid groups (broad SMARTS) is 2. The molecule has 7 nitrogen and oxygen atoms in total. The molecule has 4 N–H and O–H groups in total. The second-order valence-corrected chi connectivity index (χ2v) is 6.68. The Morgan fingerprint density at radius 3 is 1.65 bits per heavy atom. The van der Waals surface area contributed by atoms with Crippen LogP contribution >= 0.6 is 0 Å². The van der Waals surface area contributed by atoms with E-state index in [9.17, 15) is 19.8 Å². The summed E-state index contributed by atoms with van der Waals surface area (Å²) in [5.74, 6) is -3.56. The van der Waals surface area contributed by atoms with Crippen molar-refractivity contribution in [3.05, 3.63) is 0 Å². The van der Waals surface area contributed by atoms with Crippen molar-refractivity contribution in [2.24, 2.45) is 22.8 Å². The number of rotatable bonds is 3. The summed E-state index contributed by atoms with van der Waals surface area (Å²) in [7, 11) is 3.57. The molecule has 2 rings (SSSR count). The summed E-state index contributed by atoms with van der Waals surface area (Å²) >= 11 is 0. The van der Waals surface area contributed by atoms with E-state index in [0.29, 0.717) is 0 Å². The summed E-state index contributed by atoms with van der Waals surface area (Å²) in [6.45, 7) is 1.60. The molecule has 136 valence electrons. The van der Waals surface area contributed by atoms with Crippen LogP contribution in [0.5, 0.6) is 0 Å². The van der Waals surface area contributed by atoms with Gasteiger partial charge in [-0.05, 0) is 39.3 Å². The number of aliphatic carboxylic acids is 2. The molecule has 2 aliphatic rings. The van der Waals surface area contributed by atoms with Crippen LogP contribution < -0.4 is 21.7 Å². The Kier molecular flexibility index (Phi) is 8.92. The Balaban J connectivity index is 0.000000460. The Bertz CT molecular complexity index is 396. The number of carbonyl (C=O) groups excluding carboxylic acids is 2. The van der Waals surface area contributed by atoms with Crippen LogP contribution in [0.15, 0.2) is 0 Å². The quantitative estimate of drug-likeness (QED) is 0.408.